The van der Waals surface area contributed by atoms with E-state index in [4.69, 9.17) is 10.2 Å². The van der Waals surface area contributed by atoms with Crippen LogP contribution in [0.25, 0.3) is 0 Å². The molecule has 0 spiro atoms. The van der Waals surface area contributed by atoms with Gasteiger partial charge in [-0.3, -0.25) is 0 Å². The third-order valence-corrected chi connectivity index (χ3v) is 1.34. The fraction of sp³-hybridized carbons (Fsp3) is 1.00. The van der Waals surface area contributed by atoms with Crippen molar-refractivity contribution in [2.45, 2.75) is 18.6 Å². The monoisotopic (exact) mass is 117 g/mol. The van der Waals surface area contributed by atoms with Crippen LogP contribution in [0.1, 0.15) is 12.8 Å². The lowest BCUT2D eigenvalue weighted by Crippen LogP contribution is -2.45. The molecule has 0 radical (unpaired) electrons. The van der Waals surface area contributed by atoms with Crippen LogP contribution in [0, 0.1) is 0 Å². The first-order valence-corrected chi connectivity index (χ1v) is 2.86. The molecule has 1 aliphatic heterocycles. The zero-order valence-corrected chi connectivity index (χ0v) is 4.72. The maximum atomic E-state index is 8.87. The molecule has 1 aliphatic rings. The molecule has 3 N–H and O–H groups in total. The average molecular weight is 117 g/mol. The Hall–Kier alpha value is -0.120. The van der Waals surface area contributed by atoms with Crippen molar-refractivity contribution in [3.63, 3.8) is 0 Å². The molecule has 0 amide bonds. The third-order valence-electron chi connectivity index (χ3n) is 1.34. The molecule has 3 nitrogen and oxygen atoms in total. The molecule has 1 rings (SSSR count). The van der Waals surface area contributed by atoms with Crippen LogP contribution in [-0.4, -0.2) is 29.1 Å². The second kappa shape index (κ2) is 2.01. The van der Waals surface area contributed by atoms with Gasteiger partial charge in [-0.2, -0.15) is 0 Å². The molecule has 0 unspecified atom stereocenters. The maximum Gasteiger partial charge on any atom is 0.175 e. The van der Waals surface area contributed by atoms with Gasteiger partial charge in [-0.15, -0.1) is 0 Å². The average Bonchev–Trinajstić information content (AvgIpc) is 1.65. The number of aliphatic hydroxyl groups is 2. The van der Waals surface area contributed by atoms with Crippen LogP contribution in [0.2, 0.25) is 0 Å². The normalized spacial score (nSPS) is 27.8. The molecule has 0 saturated carbocycles. The van der Waals surface area contributed by atoms with Crippen molar-refractivity contribution in [1.29, 1.82) is 0 Å². The van der Waals surface area contributed by atoms with Crippen molar-refractivity contribution < 1.29 is 10.2 Å². The van der Waals surface area contributed by atoms with E-state index < -0.39 is 5.79 Å². The summed E-state index contributed by atoms with van der Waals surface area (Å²) in [5, 5.41) is 20.6. The number of hydrogen-bond acceptors (Lipinski definition) is 3. The van der Waals surface area contributed by atoms with E-state index in [2.05, 4.69) is 5.32 Å². The molecule has 0 aromatic rings. The quantitative estimate of drug-likeness (QED) is 0.359. The van der Waals surface area contributed by atoms with E-state index in [0.29, 0.717) is 13.0 Å². The van der Waals surface area contributed by atoms with Crippen molar-refractivity contribution in [3.8, 4) is 0 Å². The molecule has 0 atom stereocenters. The Morgan fingerprint density at radius 3 is 2.38 bits per heavy atom. The summed E-state index contributed by atoms with van der Waals surface area (Å²) >= 11 is 0. The van der Waals surface area contributed by atoms with Crippen molar-refractivity contribution in [3.05, 3.63) is 0 Å². The van der Waals surface area contributed by atoms with E-state index in [9.17, 15) is 0 Å². The van der Waals surface area contributed by atoms with Crippen LogP contribution >= 0.6 is 0 Å². The molecule has 8 heavy (non-hydrogen) atoms. The van der Waals surface area contributed by atoms with Gasteiger partial charge in [0.25, 0.3) is 0 Å². The summed E-state index contributed by atoms with van der Waals surface area (Å²) in [4.78, 5) is 0. The highest BCUT2D eigenvalue weighted by atomic mass is 16.5. The number of hydrogen-bond donors (Lipinski definition) is 3. The van der Waals surface area contributed by atoms with Crippen molar-refractivity contribution in [2.75, 3.05) is 13.1 Å². The van der Waals surface area contributed by atoms with Gasteiger partial charge in [-0.1, -0.05) is 0 Å². The molecule has 0 aromatic carbocycles. The third kappa shape index (κ3) is 1.43. The van der Waals surface area contributed by atoms with Gasteiger partial charge < -0.3 is 15.5 Å². The van der Waals surface area contributed by atoms with Crippen molar-refractivity contribution in [1.82, 2.24) is 5.32 Å². The van der Waals surface area contributed by atoms with Gasteiger partial charge in [0.05, 0.1) is 0 Å². The van der Waals surface area contributed by atoms with E-state index in [1.54, 1.807) is 0 Å². The van der Waals surface area contributed by atoms with Gasteiger partial charge in [0.2, 0.25) is 0 Å². The maximum absolute atomic E-state index is 8.87. The molecule has 0 aliphatic carbocycles. The van der Waals surface area contributed by atoms with E-state index in [1.807, 2.05) is 0 Å². The Labute approximate surface area is 48.3 Å². The Kier molecular flexibility index (Phi) is 1.51. The summed E-state index contributed by atoms with van der Waals surface area (Å²) in [6, 6.07) is 0. The van der Waals surface area contributed by atoms with E-state index in [0.717, 1.165) is 13.0 Å². The summed E-state index contributed by atoms with van der Waals surface area (Å²) < 4.78 is 0. The molecular formula is C5H11NO2. The Morgan fingerprint density at radius 2 is 2.12 bits per heavy atom. The minimum absolute atomic E-state index is 0.312. The van der Waals surface area contributed by atoms with Gasteiger partial charge in [0.1, 0.15) is 0 Å². The topological polar surface area (TPSA) is 52.5 Å². The van der Waals surface area contributed by atoms with Crippen LogP contribution in [0.15, 0.2) is 0 Å². The molecule has 0 aromatic heterocycles. The lowest BCUT2D eigenvalue weighted by Gasteiger charge is -2.26. The summed E-state index contributed by atoms with van der Waals surface area (Å²) in [5.74, 6) is -1.43. The lowest BCUT2D eigenvalue weighted by molar-refractivity contribution is -0.169. The molecule has 1 saturated heterocycles. The molecule has 1 heterocycles. The van der Waals surface area contributed by atoms with Gasteiger partial charge in [0, 0.05) is 13.0 Å². The van der Waals surface area contributed by atoms with Crippen LogP contribution in [-0.2, 0) is 0 Å². The number of piperidine rings is 1. The zero-order valence-electron chi connectivity index (χ0n) is 4.72. The molecule has 3 heteroatoms. The smallest absolute Gasteiger partial charge is 0.175 e. The summed E-state index contributed by atoms with van der Waals surface area (Å²) in [7, 11) is 0. The predicted molar refractivity (Wildman–Crippen MR) is 29.3 cm³/mol. The molecular weight excluding hydrogens is 106 g/mol. The Morgan fingerprint density at radius 1 is 1.38 bits per heavy atom. The standard InChI is InChI=1S/C5H11NO2/c7-5(8)2-1-3-6-4-5/h6-8H,1-4H2. The first-order valence-electron chi connectivity index (χ1n) is 2.86. The fourth-order valence-electron chi connectivity index (χ4n) is 0.873. The van der Waals surface area contributed by atoms with E-state index in [-0.39, 0.29) is 0 Å². The SMILES string of the molecule is OC1(O)CCCNC1. The van der Waals surface area contributed by atoms with E-state index >= 15 is 0 Å². The molecule has 0 bridgehead atoms. The highest BCUT2D eigenvalue weighted by Gasteiger charge is 2.24. The number of nitrogens with one attached hydrogen (secondary N) is 1. The highest BCUT2D eigenvalue weighted by Crippen LogP contribution is 2.10. The summed E-state index contributed by atoms with van der Waals surface area (Å²) in [6.07, 6.45) is 1.35. The number of β-amino-alcohol motifs (C(OH)–C–C–N with tert-alkyl or cyclic N) is 2. The molecule has 1 fully saturated rings. The van der Waals surface area contributed by atoms with Crippen LogP contribution < -0.4 is 5.32 Å². The Balaban J connectivity index is 2.33. The van der Waals surface area contributed by atoms with Gasteiger partial charge >= 0.3 is 0 Å². The first-order chi connectivity index (χ1) is 3.71. The Bertz CT molecular complexity index is 74.5. The minimum Gasteiger partial charge on any atom is -0.365 e. The number of rotatable bonds is 0. The molecule has 48 valence electrons. The van der Waals surface area contributed by atoms with Crippen molar-refractivity contribution >= 4 is 0 Å². The van der Waals surface area contributed by atoms with E-state index in [1.165, 1.54) is 0 Å². The van der Waals surface area contributed by atoms with Crippen LogP contribution in [0.5, 0.6) is 0 Å². The fourth-order valence-corrected chi connectivity index (χ4v) is 0.873. The zero-order chi connectivity index (χ0) is 6.04. The highest BCUT2D eigenvalue weighted by molar-refractivity contribution is 4.73. The summed E-state index contributed by atoms with van der Waals surface area (Å²) in [5.41, 5.74) is 0. The van der Waals surface area contributed by atoms with Gasteiger partial charge in [0.15, 0.2) is 5.79 Å². The second-order valence-corrected chi connectivity index (χ2v) is 2.26. The predicted octanol–water partition coefficient (Wildman–Crippen LogP) is -0.949. The first kappa shape index (κ1) is 6.01. The van der Waals surface area contributed by atoms with Crippen LogP contribution in [0.4, 0.5) is 0 Å². The summed E-state index contributed by atoms with van der Waals surface area (Å²) in [6.45, 7) is 1.22. The van der Waals surface area contributed by atoms with Crippen LogP contribution in [0.3, 0.4) is 0 Å². The van der Waals surface area contributed by atoms with Gasteiger partial charge in [-0.25, -0.2) is 0 Å². The largest absolute Gasteiger partial charge is 0.365 e. The lowest BCUT2D eigenvalue weighted by atomic mass is 10.1. The van der Waals surface area contributed by atoms with Crippen molar-refractivity contribution in [2.24, 2.45) is 0 Å². The second-order valence-electron chi connectivity index (χ2n) is 2.26. The van der Waals surface area contributed by atoms with Gasteiger partial charge in [-0.05, 0) is 13.0 Å². The minimum atomic E-state index is -1.43.